The number of hydrogen-bond acceptors (Lipinski definition) is 2. The van der Waals surface area contributed by atoms with Gasteiger partial charge < -0.3 is 10.0 Å². The summed E-state index contributed by atoms with van der Waals surface area (Å²) in [5, 5.41) is 8.61. The van der Waals surface area contributed by atoms with Crippen molar-refractivity contribution in [3.8, 4) is 0 Å². The van der Waals surface area contributed by atoms with Crippen LogP contribution in [0.1, 0.15) is 26.2 Å². The van der Waals surface area contributed by atoms with Gasteiger partial charge in [-0.25, -0.2) is 4.79 Å². The summed E-state index contributed by atoms with van der Waals surface area (Å²) in [6.45, 7) is 2.72. The molecule has 0 unspecified atom stereocenters. The maximum absolute atomic E-state index is 11.3. The van der Waals surface area contributed by atoms with Crippen molar-refractivity contribution in [2.75, 3.05) is 13.1 Å². The van der Waals surface area contributed by atoms with Gasteiger partial charge in [0, 0.05) is 25.1 Å². The molecule has 1 aliphatic heterocycles. The molecule has 1 fully saturated rings. The number of hydrogen-bond donors (Lipinski definition) is 1. The fraction of sp³-hybridized carbons (Fsp3) is 0.600. The van der Waals surface area contributed by atoms with Gasteiger partial charge in [0.1, 0.15) is 0 Å². The van der Waals surface area contributed by atoms with Crippen molar-refractivity contribution in [3.63, 3.8) is 0 Å². The molecule has 4 nitrogen and oxygen atoms in total. The molecule has 78 valence electrons. The molecule has 1 rings (SSSR count). The molecular weight excluding hydrogens is 182 g/mol. The van der Waals surface area contributed by atoms with Crippen LogP contribution in [0.2, 0.25) is 0 Å². The molecule has 1 heterocycles. The largest absolute Gasteiger partial charge is 0.478 e. The first-order valence-electron chi connectivity index (χ1n) is 4.79. The fourth-order valence-electron chi connectivity index (χ4n) is 1.39. The average Bonchev–Trinajstić information content (AvgIpc) is 2.16. The Morgan fingerprint density at radius 2 is 2.29 bits per heavy atom. The van der Waals surface area contributed by atoms with Crippen molar-refractivity contribution in [3.05, 3.63) is 11.6 Å². The van der Waals surface area contributed by atoms with E-state index >= 15 is 0 Å². The Morgan fingerprint density at radius 1 is 1.57 bits per heavy atom. The number of carboxylic acids is 1. The van der Waals surface area contributed by atoms with Crippen LogP contribution >= 0.6 is 0 Å². The van der Waals surface area contributed by atoms with E-state index in [1.807, 2.05) is 0 Å². The summed E-state index contributed by atoms with van der Waals surface area (Å²) in [6.07, 6.45) is 4.16. The highest BCUT2D eigenvalue weighted by atomic mass is 16.4. The lowest BCUT2D eigenvalue weighted by atomic mass is 10.1. The molecule has 0 radical (unpaired) electrons. The lowest BCUT2D eigenvalue weighted by Crippen LogP contribution is -2.35. The zero-order chi connectivity index (χ0) is 10.6. The van der Waals surface area contributed by atoms with Crippen LogP contribution in [-0.4, -0.2) is 35.0 Å². The molecular formula is C10H15NO3. The SMILES string of the molecule is CC(=CCN1CCCCC1=O)C(=O)O. The minimum absolute atomic E-state index is 0.130. The number of aliphatic carboxylic acids is 1. The second-order valence-corrected chi connectivity index (χ2v) is 3.49. The minimum Gasteiger partial charge on any atom is -0.478 e. The number of piperidine rings is 1. The van der Waals surface area contributed by atoms with E-state index in [4.69, 9.17) is 5.11 Å². The molecule has 1 amide bonds. The number of carbonyl (C=O) groups is 2. The van der Waals surface area contributed by atoms with Gasteiger partial charge in [-0.1, -0.05) is 6.08 Å². The van der Waals surface area contributed by atoms with Crippen LogP contribution in [0.15, 0.2) is 11.6 Å². The van der Waals surface area contributed by atoms with Gasteiger partial charge in [0.2, 0.25) is 5.91 Å². The highest BCUT2D eigenvalue weighted by Crippen LogP contribution is 2.10. The van der Waals surface area contributed by atoms with Crippen molar-refractivity contribution < 1.29 is 14.7 Å². The van der Waals surface area contributed by atoms with Crippen LogP contribution in [0.3, 0.4) is 0 Å². The highest BCUT2D eigenvalue weighted by Gasteiger charge is 2.16. The van der Waals surface area contributed by atoms with E-state index in [1.54, 1.807) is 11.0 Å². The smallest absolute Gasteiger partial charge is 0.331 e. The third-order valence-corrected chi connectivity index (χ3v) is 2.38. The van der Waals surface area contributed by atoms with Crippen molar-refractivity contribution >= 4 is 11.9 Å². The average molecular weight is 197 g/mol. The summed E-state index contributed by atoms with van der Waals surface area (Å²) in [5.41, 5.74) is 0.295. The Kier molecular flexibility index (Phi) is 3.68. The van der Waals surface area contributed by atoms with E-state index in [0.717, 1.165) is 19.4 Å². The zero-order valence-corrected chi connectivity index (χ0v) is 8.32. The Labute approximate surface area is 83.2 Å². The minimum atomic E-state index is -0.922. The van der Waals surface area contributed by atoms with Crippen molar-refractivity contribution in [1.29, 1.82) is 0 Å². The molecule has 0 aliphatic carbocycles. The van der Waals surface area contributed by atoms with Gasteiger partial charge in [-0.2, -0.15) is 0 Å². The summed E-state index contributed by atoms with van der Waals surface area (Å²) in [4.78, 5) is 23.5. The van der Waals surface area contributed by atoms with E-state index < -0.39 is 5.97 Å². The summed E-state index contributed by atoms with van der Waals surface area (Å²) >= 11 is 0. The lowest BCUT2D eigenvalue weighted by Gasteiger charge is -2.25. The number of amides is 1. The molecule has 1 N–H and O–H groups in total. The first kappa shape index (κ1) is 10.8. The Bertz CT molecular complexity index is 271. The molecule has 0 bridgehead atoms. The second-order valence-electron chi connectivity index (χ2n) is 3.49. The molecule has 4 heteroatoms. The van der Waals surface area contributed by atoms with Crippen molar-refractivity contribution in [2.45, 2.75) is 26.2 Å². The van der Waals surface area contributed by atoms with Gasteiger partial charge >= 0.3 is 5.97 Å². The summed E-state index contributed by atoms with van der Waals surface area (Å²) in [6, 6.07) is 0. The molecule has 0 aromatic rings. The lowest BCUT2D eigenvalue weighted by molar-refractivity contribution is -0.134. The number of carboxylic acid groups (broad SMARTS) is 1. The normalized spacial score (nSPS) is 18.5. The molecule has 1 aliphatic rings. The van der Waals surface area contributed by atoms with Crippen LogP contribution in [0.25, 0.3) is 0 Å². The van der Waals surface area contributed by atoms with Crippen LogP contribution in [-0.2, 0) is 9.59 Å². The Morgan fingerprint density at radius 3 is 2.86 bits per heavy atom. The molecule has 1 saturated heterocycles. The standard InChI is InChI=1S/C10H15NO3/c1-8(10(13)14)5-7-11-6-3-2-4-9(11)12/h5H,2-4,6-7H2,1H3,(H,13,14). The van der Waals surface area contributed by atoms with E-state index in [9.17, 15) is 9.59 Å². The summed E-state index contributed by atoms with van der Waals surface area (Å²) in [7, 11) is 0. The molecule has 0 spiro atoms. The van der Waals surface area contributed by atoms with E-state index in [-0.39, 0.29) is 5.91 Å². The quantitative estimate of drug-likeness (QED) is 0.687. The van der Waals surface area contributed by atoms with Gasteiger partial charge in [-0.3, -0.25) is 4.79 Å². The monoisotopic (exact) mass is 197 g/mol. The second kappa shape index (κ2) is 4.79. The van der Waals surface area contributed by atoms with Gasteiger partial charge in [-0.05, 0) is 19.8 Å². The van der Waals surface area contributed by atoms with E-state index in [1.165, 1.54) is 6.92 Å². The third-order valence-electron chi connectivity index (χ3n) is 2.38. The first-order chi connectivity index (χ1) is 6.61. The van der Waals surface area contributed by atoms with Gasteiger partial charge in [-0.15, -0.1) is 0 Å². The van der Waals surface area contributed by atoms with Crippen molar-refractivity contribution in [1.82, 2.24) is 4.90 Å². The van der Waals surface area contributed by atoms with Gasteiger partial charge in [0.25, 0.3) is 0 Å². The van der Waals surface area contributed by atoms with Gasteiger partial charge in [0.05, 0.1) is 0 Å². The molecule has 0 atom stereocenters. The predicted octanol–water partition coefficient (Wildman–Crippen LogP) is 1.03. The number of nitrogens with zero attached hydrogens (tertiary/aromatic N) is 1. The molecule has 0 aromatic heterocycles. The van der Waals surface area contributed by atoms with Crippen LogP contribution in [0.4, 0.5) is 0 Å². The van der Waals surface area contributed by atoms with E-state index in [0.29, 0.717) is 18.5 Å². The number of rotatable bonds is 3. The summed E-state index contributed by atoms with van der Waals surface area (Å²) < 4.78 is 0. The number of likely N-dealkylation sites (tertiary alicyclic amines) is 1. The predicted molar refractivity (Wildman–Crippen MR) is 51.8 cm³/mol. The van der Waals surface area contributed by atoms with Crippen molar-refractivity contribution in [2.24, 2.45) is 0 Å². The van der Waals surface area contributed by atoms with Crippen LogP contribution in [0, 0.1) is 0 Å². The zero-order valence-electron chi connectivity index (χ0n) is 8.32. The Hall–Kier alpha value is -1.32. The maximum atomic E-state index is 11.3. The maximum Gasteiger partial charge on any atom is 0.331 e. The fourth-order valence-corrected chi connectivity index (χ4v) is 1.39. The molecule has 0 saturated carbocycles. The van der Waals surface area contributed by atoms with E-state index in [2.05, 4.69) is 0 Å². The molecule has 0 aromatic carbocycles. The topological polar surface area (TPSA) is 57.6 Å². The Balaban J connectivity index is 2.47. The first-order valence-corrected chi connectivity index (χ1v) is 4.79. The molecule has 14 heavy (non-hydrogen) atoms. The summed E-state index contributed by atoms with van der Waals surface area (Å²) in [5.74, 6) is -0.792. The van der Waals surface area contributed by atoms with Crippen LogP contribution in [0.5, 0.6) is 0 Å². The van der Waals surface area contributed by atoms with Gasteiger partial charge in [0.15, 0.2) is 0 Å². The number of carbonyl (C=O) groups excluding carboxylic acids is 1. The van der Waals surface area contributed by atoms with Crippen LogP contribution < -0.4 is 0 Å². The third kappa shape index (κ3) is 2.87. The highest BCUT2D eigenvalue weighted by molar-refractivity contribution is 5.86.